The molecule has 0 bridgehead atoms. The van der Waals surface area contributed by atoms with Gasteiger partial charge < -0.3 is 5.32 Å². The van der Waals surface area contributed by atoms with Crippen LogP contribution in [0.1, 0.15) is 28.9 Å². The van der Waals surface area contributed by atoms with E-state index >= 15 is 0 Å². The fourth-order valence-electron chi connectivity index (χ4n) is 3.62. The van der Waals surface area contributed by atoms with E-state index < -0.39 is 0 Å². The van der Waals surface area contributed by atoms with E-state index in [-0.39, 0.29) is 11.9 Å². The Labute approximate surface area is 184 Å². The van der Waals surface area contributed by atoms with E-state index in [2.05, 4.69) is 20.4 Å². The van der Waals surface area contributed by atoms with E-state index in [4.69, 9.17) is 4.98 Å². The summed E-state index contributed by atoms with van der Waals surface area (Å²) in [4.78, 5) is 26.4. The summed E-state index contributed by atoms with van der Waals surface area (Å²) >= 11 is 0. The van der Waals surface area contributed by atoms with Gasteiger partial charge in [0.05, 0.1) is 34.2 Å². The lowest BCUT2D eigenvalue weighted by Gasteiger charge is -2.16. The highest BCUT2D eigenvalue weighted by molar-refractivity contribution is 6.07. The Kier molecular flexibility index (Phi) is 5.13. The van der Waals surface area contributed by atoms with Crippen molar-refractivity contribution in [2.75, 3.05) is 0 Å². The fourth-order valence-corrected chi connectivity index (χ4v) is 3.62. The highest BCUT2D eigenvalue weighted by Gasteiger charge is 2.17. The molecule has 7 nitrogen and oxygen atoms in total. The quantitative estimate of drug-likeness (QED) is 0.456. The van der Waals surface area contributed by atoms with Crippen LogP contribution in [0.4, 0.5) is 0 Å². The molecule has 1 N–H and O–H groups in total. The second-order valence-corrected chi connectivity index (χ2v) is 7.41. The molecule has 0 fully saturated rings. The number of carbonyl (C=O) groups excluding carboxylic acids is 1. The van der Waals surface area contributed by atoms with Gasteiger partial charge in [-0.2, -0.15) is 5.10 Å². The molecule has 156 valence electrons. The SMILES string of the molecule is CC(NC(=O)c1cc(-c2ccccn2)nc2ccccc12)c1ccc(-n2cncn2)cc1. The van der Waals surface area contributed by atoms with Gasteiger partial charge in [-0.05, 0) is 48.9 Å². The zero-order chi connectivity index (χ0) is 21.9. The van der Waals surface area contributed by atoms with Gasteiger partial charge in [0.15, 0.2) is 0 Å². The fraction of sp³-hybridized carbons (Fsp3) is 0.0800. The number of hydrogen-bond acceptors (Lipinski definition) is 5. The van der Waals surface area contributed by atoms with Crippen LogP contribution in [0.2, 0.25) is 0 Å². The maximum atomic E-state index is 13.3. The van der Waals surface area contributed by atoms with E-state index in [1.807, 2.05) is 73.7 Å². The smallest absolute Gasteiger partial charge is 0.252 e. The number of nitrogens with zero attached hydrogens (tertiary/aromatic N) is 5. The third-order valence-corrected chi connectivity index (χ3v) is 5.31. The molecule has 5 rings (SSSR count). The lowest BCUT2D eigenvalue weighted by Crippen LogP contribution is -2.27. The van der Waals surface area contributed by atoms with Crippen LogP contribution in [0.15, 0.2) is 91.6 Å². The van der Waals surface area contributed by atoms with Crippen molar-refractivity contribution in [2.24, 2.45) is 0 Å². The number of nitrogens with one attached hydrogen (secondary N) is 1. The highest BCUT2D eigenvalue weighted by Crippen LogP contribution is 2.24. The van der Waals surface area contributed by atoms with Gasteiger partial charge >= 0.3 is 0 Å². The van der Waals surface area contributed by atoms with Crippen molar-refractivity contribution in [1.29, 1.82) is 0 Å². The summed E-state index contributed by atoms with van der Waals surface area (Å²) in [6.07, 6.45) is 4.86. The minimum Gasteiger partial charge on any atom is -0.345 e. The molecule has 0 radical (unpaired) electrons. The molecule has 1 atom stereocenters. The summed E-state index contributed by atoms with van der Waals surface area (Å²) in [6.45, 7) is 1.96. The van der Waals surface area contributed by atoms with Crippen molar-refractivity contribution >= 4 is 16.8 Å². The Balaban J connectivity index is 1.44. The minimum absolute atomic E-state index is 0.159. The van der Waals surface area contributed by atoms with Gasteiger partial charge in [-0.25, -0.2) is 14.6 Å². The van der Waals surface area contributed by atoms with Gasteiger partial charge in [0, 0.05) is 11.6 Å². The van der Waals surface area contributed by atoms with Gasteiger partial charge in [-0.3, -0.25) is 9.78 Å². The predicted octanol–water partition coefficient (Wildman–Crippen LogP) is 4.37. The first-order chi connectivity index (χ1) is 15.7. The summed E-state index contributed by atoms with van der Waals surface area (Å²) in [7, 11) is 0. The summed E-state index contributed by atoms with van der Waals surface area (Å²) in [6, 6.07) is 22.8. The average Bonchev–Trinajstić information content (AvgIpc) is 3.39. The molecule has 0 aliphatic rings. The molecule has 5 aromatic rings. The Morgan fingerprint density at radius 1 is 0.969 bits per heavy atom. The largest absolute Gasteiger partial charge is 0.345 e. The van der Waals surface area contributed by atoms with Crippen LogP contribution >= 0.6 is 0 Å². The molecule has 0 spiro atoms. The van der Waals surface area contributed by atoms with Crippen LogP contribution in [0.3, 0.4) is 0 Å². The second kappa shape index (κ2) is 8.39. The number of carbonyl (C=O) groups is 1. The van der Waals surface area contributed by atoms with E-state index in [1.165, 1.54) is 6.33 Å². The third-order valence-electron chi connectivity index (χ3n) is 5.31. The average molecular weight is 420 g/mol. The molecule has 0 saturated heterocycles. The van der Waals surface area contributed by atoms with Gasteiger partial charge in [0.25, 0.3) is 5.91 Å². The van der Waals surface area contributed by atoms with Crippen LogP contribution in [0.25, 0.3) is 28.0 Å². The highest BCUT2D eigenvalue weighted by atomic mass is 16.1. The lowest BCUT2D eigenvalue weighted by atomic mass is 10.0. The van der Waals surface area contributed by atoms with Crippen LogP contribution in [0, 0.1) is 0 Å². The maximum absolute atomic E-state index is 13.3. The number of amides is 1. The first-order valence-electron chi connectivity index (χ1n) is 10.3. The first kappa shape index (κ1) is 19.6. The monoisotopic (exact) mass is 420 g/mol. The predicted molar refractivity (Wildman–Crippen MR) is 122 cm³/mol. The summed E-state index contributed by atoms with van der Waals surface area (Å²) in [5.74, 6) is -0.159. The van der Waals surface area contributed by atoms with E-state index in [1.54, 1.807) is 23.3 Å². The van der Waals surface area contributed by atoms with E-state index in [0.29, 0.717) is 11.3 Å². The van der Waals surface area contributed by atoms with Crippen LogP contribution in [-0.4, -0.2) is 30.6 Å². The molecule has 3 heterocycles. The maximum Gasteiger partial charge on any atom is 0.252 e. The normalized spacial score (nSPS) is 11.9. The zero-order valence-corrected chi connectivity index (χ0v) is 17.4. The molecular formula is C25H20N6O. The van der Waals surface area contributed by atoms with Crippen molar-refractivity contribution < 1.29 is 4.79 Å². The van der Waals surface area contributed by atoms with Crippen molar-refractivity contribution in [3.05, 3.63) is 103 Å². The molecule has 3 aromatic heterocycles. The molecule has 1 unspecified atom stereocenters. The van der Waals surface area contributed by atoms with Gasteiger partial charge in [-0.15, -0.1) is 0 Å². The van der Waals surface area contributed by atoms with Crippen molar-refractivity contribution in [3.63, 3.8) is 0 Å². The molecule has 7 heteroatoms. The van der Waals surface area contributed by atoms with Crippen LogP contribution in [-0.2, 0) is 0 Å². The molecule has 32 heavy (non-hydrogen) atoms. The summed E-state index contributed by atoms with van der Waals surface area (Å²) < 4.78 is 1.69. The Morgan fingerprint density at radius 3 is 2.53 bits per heavy atom. The topological polar surface area (TPSA) is 85.6 Å². The molecular weight excluding hydrogens is 400 g/mol. The number of fused-ring (bicyclic) bond motifs is 1. The Bertz CT molecular complexity index is 1370. The number of aromatic nitrogens is 5. The molecule has 0 aliphatic heterocycles. The third kappa shape index (κ3) is 3.83. The van der Waals surface area contributed by atoms with Crippen LogP contribution in [0.5, 0.6) is 0 Å². The minimum atomic E-state index is -0.183. The summed E-state index contributed by atoms with van der Waals surface area (Å²) in [5.41, 5.74) is 4.62. The van der Waals surface area contributed by atoms with Crippen molar-refractivity contribution in [2.45, 2.75) is 13.0 Å². The Morgan fingerprint density at radius 2 is 1.78 bits per heavy atom. The van der Waals surface area contributed by atoms with E-state index in [9.17, 15) is 4.79 Å². The Hall–Kier alpha value is -4.39. The van der Waals surface area contributed by atoms with Crippen molar-refractivity contribution in [3.8, 4) is 17.1 Å². The van der Waals surface area contributed by atoms with Crippen molar-refractivity contribution in [1.82, 2.24) is 30.0 Å². The number of benzene rings is 2. The standard InChI is InChI=1S/C25H20N6O/c1-17(18-9-11-19(12-10-18)31-16-26-15-28-31)29-25(32)21-14-24(23-8-4-5-13-27-23)30-22-7-3-2-6-20(21)22/h2-17H,1H3,(H,29,32). The van der Waals surface area contributed by atoms with Gasteiger partial charge in [-0.1, -0.05) is 36.4 Å². The summed E-state index contributed by atoms with van der Waals surface area (Å²) in [5, 5.41) is 8.06. The number of para-hydroxylation sites is 1. The second-order valence-electron chi connectivity index (χ2n) is 7.41. The number of hydrogen-bond donors (Lipinski definition) is 1. The van der Waals surface area contributed by atoms with E-state index in [0.717, 1.165) is 27.8 Å². The molecule has 1 amide bonds. The number of pyridine rings is 2. The molecule has 0 aliphatic carbocycles. The first-order valence-corrected chi connectivity index (χ1v) is 10.3. The van der Waals surface area contributed by atoms with Gasteiger partial charge in [0.1, 0.15) is 12.7 Å². The van der Waals surface area contributed by atoms with Crippen LogP contribution < -0.4 is 5.32 Å². The molecule has 2 aromatic carbocycles. The zero-order valence-electron chi connectivity index (χ0n) is 17.4. The molecule has 0 saturated carbocycles. The number of rotatable bonds is 5. The van der Waals surface area contributed by atoms with Gasteiger partial charge in [0.2, 0.25) is 0 Å². The lowest BCUT2D eigenvalue weighted by molar-refractivity contribution is 0.0941.